The van der Waals surface area contributed by atoms with Crippen LogP contribution in [0.25, 0.3) is 11.3 Å². The summed E-state index contributed by atoms with van der Waals surface area (Å²) in [5.41, 5.74) is 13.8. The van der Waals surface area contributed by atoms with E-state index in [2.05, 4.69) is 9.72 Å². The second-order valence-corrected chi connectivity index (χ2v) is 3.73. The first-order chi connectivity index (χ1) is 8.63. The first-order valence-electron chi connectivity index (χ1n) is 5.32. The number of pyridine rings is 1. The van der Waals surface area contributed by atoms with Crippen molar-refractivity contribution in [2.75, 3.05) is 18.6 Å². The largest absolute Gasteiger partial charge is 0.465 e. The molecule has 18 heavy (non-hydrogen) atoms. The molecule has 0 atom stereocenters. The third-order valence-corrected chi connectivity index (χ3v) is 2.58. The lowest BCUT2D eigenvalue weighted by Gasteiger charge is -2.09. The zero-order chi connectivity index (χ0) is 13.1. The molecule has 1 heterocycles. The Hall–Kier alpha value is -2.56. The second-order valence-electron chi connectivity index (χ2n) is 3.73. The molecular weight excluding hydrogens is 230 g/mol. The molecule has 0 spiro atoms. The van der Waals surface area contributed by atoms with Gasteiger partial charge in [-0.15, -0.1) is 0 Å². The molecule has 4 N–H and O–H groups in total. The standard InChI is InChI=1S/C13H13N3O2/c1-18-13(17)9-6-8(7-10(14)12(9)15)11-4-2-3-5-16-11/h2-7H,14-15H2,1H3. The molecule has 92 valence electrons. The quantitative estimate of drug-likeness (QED) is 0.618. The SMILES string of the molecule is COC(=O)c1cc(-c2ccccn2)cc(N)c1N. The summed E-state index contributed by atoms with van der Waals surface area (Å²) in [7, 11) is 1.30. The molecule has 5 heteroatoms. The Labute approximate surface area is 104 Å². The predicted octanol–water partition coefficient (Wildman–Crippen LogP) is 1.70. The Morgan fingerprint density at radius 1 is 1.28 bits per heavy atom. The van der Waals surface area contributed by atoms with Gasteiger partial charge in [0.15, 0.2) is 0 Å². The van der Waals surface area contributed by atoms with Gasteiger partial charge in [-0.05, 0) is 24.3 Å². The molecule has 5 nitrogen and oxygen atoms in total. The van der Waals surface area contributed by atoms with Gasteiger partial charge in [0.25, 0.3) is 0 Å². The second kappa shape index (κ2) is 4.75. The van der Waals surface area contributed by atoms with Crippen LogP contribution in [-0.2, 0) is 4.74 Å². The van der Waals surface area contributed by atoms with Gasteiger partial charge in [0, 0.05) is 11.8 Å². The van der Waals surface area contributed by atoms with Crippen LogP contribution >= 0.6 is 0 Å². The van der Waals surface area contributed by atoms with Gasteiger partial charge < -0.3 is 16.2 Å². The Morgan fingerprint density at radius 3 is 2.67 bits per heavy atom. The number of nitrogen functional groups attached to an aromatic ring is 2. The maximum absolute atomic E-state index is 11.6. The summed E-state index contributed by atoms with van der Waals surface area (Å²) >= 11 is 0. The highest BCUT2D eigenvalue weighted by molar-refractivity contribution is 5.99. The number of methoxy groups -OCH3 is 1. The lowest BCUT2D eigenvalue weighted by Crippen LogP contribution is -2.08. The van der Waals surface area contributed by atoms with Gasteiger partial charge in [-0.1, -0.05) is 6.07 Å². The molecule has 2 aromatic rings. The van der Waals surface area contributed by atoms with E-state index < -0.39 is 5.97 Å². The molecule has 0 aliphatic carbocycles. The number of nitrogens with two attached hydrogens (primary N) is 2. The van der Waals surface area contributed by atoms with Gasteiger partial charge >= 0.3 is 5.97 Å². The molecule has 0 radical (unpaired) electrons. The van der Waals surface area contributed by atoms with Gasteiger partial charge in [0.05, 0.1) is 29.7 Å². The van der Waals surface area contributed by atoms with Crippen molar-refractivity contribution in [3.63, 3.8) is 0 Å². The lowest BCUT2D eigenvalue weighted by atomic mass is 10.0. The van der Waals surface area contributed by atoms with E-state index in [-0.39, 0.29) is 11.3 Å². The van der Waals surface area contributed by atoms with E-state index in [1.54, 1.807) is 18.3 Å². The Bertz CT molecular complexity index is 582. The number of hydrogen-bond donors (Lipinski definition) is 2. The number of anilines is 2. The van der Waals surface area contributed by atoms with Crippen molar-refractivity contribution in [1.82, 2.24) is 4.98 Å². The lowest BCUT2D eigenvalue weighted by molar-refractivity contribution is 0.0602. The molecule has 1 aromatic heterocycles. The average Bonchev–Trinajstić information content (AvgIpc) is 2.41. The minimum atomic E-state index is -0.517. The van der Waals surface area contributed by atoms with E-state index in [1.807, 2.05) is 18.2 Å². The molecule has 0 fully saturated rings. The third-order valence-electron chi connectivity index (χ3n) is 2.58. The number of benzene rings is 1. The fourth-order valence-electron chi connectivity index (χ4n) is 1.64. The van der Waals surface area contributed by atoms with Crippen LogP contribution in [0.5, 0.6) is 0 Å². The van der Waals surface area contributed by atoms with Crippen LogP contribution in [0.2, 0.25) is 0 Å². The van der Waals surface area contributed by atoms with Crippen LogP contribution in [0.3, 0.4) is 0 Å². The molecule has 0 amide bonds. The maximum atomic E-state index is 11.6. The minimum Gasteiger partial charge on any atom is -0.465 e. The van der Waals surface area contributed by atoms with Crippen LogP contribution in [0.1, 0.15) is 10.4 Å². The number of carbonyl (C=O) groups excluding carboxylic acids is 1. The first kappa shape index (κ1) is 11.9. The Kier molecular flexibility index (Phi) is 3.14. The number of hydrogen-bond acceptors (Lipinski definition) is 5. The van der Waals surface area contributed by atoms with Gasteiger partial charge in [-0.25, -0.2) is 4.79 Å². The molecule has 1 aromatic carbocycles. The summed E-state index contributed by atoms with van der Waals surface area (Å²) in [4.78, 5) is 15.8. The zero-order valence-electron chi connectivity index (χ0n) is 9.88. The molecule has 0 aliphatic heterocycles. The van der Waals surface area contributed by atoms with E-state index in [4.69, 9.17) is 11.5 Å². The van der Waals surface area contributed by atoms with Crippen molar-refractivity contribution in [1.29, 1.82) is 0 Å². The smallest absolute Gasteiger partial charge is 0.340 e. The maximum Gasteiger partial charge on any atom is 0.340 e. The van der Waals surface area contributed by atoms with Crippen LogP contribution in [0.4, 0.5) is 11.4 Å². The minimum absolute atomic E-state index is 0.224. The van der Waals surface area contributed by atoms with E-state index in [9.17, 15) is 4.79 Å². The molecule has 0 aliphatic rings. The highest BCUT2D eigenvalue weighted by Crippen LogP contribution is 2.28. The molecule has 2 rings (SSSR count). The Morgan fingerprint density at radius 2 is 2.06 bits per heavy atom. The van der Waals surface area contributed by atoms with Crippen LogP contribution in [0.15, 0.2) is 36.5 Å². The number of ether oxygens (including phenoxy) is 1. The van der Waals surface area contributed by atoms with Crippen LogP contribution in [-0.4, -0.2) is 18.1 Å². The van der Waals surface area contributed by atoms with Crippen LogP contribution < -0.4 is 11.5 Å². The summed E-state index contributed by atoms with van der Waals surface area (Å²) in [6.07, 6.45) is 1.67. The molecule has 0 unspecified atom stereocenters. The van der Waals surface area contributed by atoms with Gasteiger partial charge in [-0.3, -0.25) is 4.98 Å². The Balaban J connectivity index is 2.58. The van der Waals surface area contributed by atoms with Gasteiger partial charge in [0.2, 0.25) is 0 Å². The summed E-state index contributed by atoms with van der Waals surface area (Å²) in [6.45, 7) is 0. The summed E-state index contributed by atoms with van der Waals surface area (Å²) < 4.78 is 4.67. The molecule has 0 saturated carbocycles. The fourth-order valence-corrected chi connectivity index (χ4v) is 1.64. The van der Waals surface area contributed by atoms with Crippen molar-refractivity contribution >= 4 is 17.3 Å². The molecule has 0 saturated heterocycles. The average molecular weight is 243 g/mol. The highest BCUT2D eigenvalue weighted by atomic mass is 16.5. The summed E-state index contributed by atoms with van der Waals surface area (Å²) in [5.74, 6) is -0.517. The van der Waals surface area contributed by atoms with Gasteiger partial charge in [0.1, 0.15) is 0 Å². The van der Waals surface area contributed by atoms with E-state index >= 15 is 0 Å². The van der Waals surface area contributed by atoms with Crippen molar-refractivity contribution in [2.45, 2.75) is 0 Å². The van der Waals surface area contributed by atoms with Crippen molar-refractivity contribution in [2.24, 2.45) is 0 Å². The van der Waals surface area contributed by atoms with Crippen LogP contribution in [0, 0.1) is 0 Å². The number of aromatic nitrogens is 1. The monoisotopic (exact) mass is 243 g/mol. The third kappa shape index (κ3) is 2.10. The normalized spacial score (nSPS) is 10.1. The summed E-state index contributed by atoms with van der Waals surface area (Å²) in [5, 5.41) is 0. The summed E-state index contributed by atoms with van der Waals surface area (Å²) in [6, 6.07) is 8.80. The highest BCUT2D eigenvalue weighted by Gasteiger charge is 2.14. The van der Waals surface area contributed by atoms with Gasteiger partial charge in [-0.2, -0.15) is 0 Å². The number of carbonyl (C=O) groups is 1. The van der Waals surface area contributed by atoms with Crippen molar-refractivity contribution < 1.29 is 9.53 Å². The van der Waals surface area contributed by atoms with E-state index in [0.717, 1.165) is 5.56 Å². The number of rotatable bonds is 2. The van der Waals surface area contributed by atoms with E-state index in [0.29, 0.717) is 11.4 Å². The molecular formula is C13H13N3O2. The predicted molar refractivity (Wildman–Crippen MR) is 69.8 cm³/mol. The topological polar surface area (TPSA) is 91.2 Å². The first-order valence-corrected chi connectivity index (χ1v) is 5.32. The number of esters is 1. The number of nitrogens with zero attached hydrogens (tertiary/aromatic N) is 1. The zero-order valence-corrected chi connectivity index (χ0v) is 9.88. The fraction of sp³-hybridized carbons (Fsp3) is 0.0769. The van der Waals surface area contributed by atoms with E-state index in [1.165, 1.54) is 7.11 Å². The van der Waals surface area contributed by atoms with Crippen molar-refractivity contribution in [3.05, 3.63) is 42.1 Å². The molecule has 0 bridgehead atoms. The van der Waals surface area contributed by atoms with Crippen molar-refractivity contribution in [3.8, 4) is 11.3 Å².